The number of hydrogen-bond acceptors (Lipinski definition) is 5. The number of anilines is 1. The summed E-state index contributed by atoms with van der Waals surface area (Å²) in [5, 5.41) is 12.4. The Morgan fingerprint density at radius 3 is 2.26 bits per heavy atom. The van der Waals surface area contributed by atoms with E-state index in [0.717, 1.165) is 16.7 Å². The molecule has 0 aromatic heterocycles. The Labute approximate surface area is 200 Å². The van der Waals surface area contributed by atoms with Crippen LogP contribution in [0.2, 0.25) is 0 Å². The minimum Gasteiger partial charge on any atom is -0.497 e. The van der Waals surface area contributed by atoms with Crippen molar-refractivity contribution in [3.8, 4) is 23.3 Å². The highest BCUT2D eigenvalue weighted by Gasteiger charge is 2.13. The minimum atomic E-state index is -0.511. The normalized spacial score (nSPS) is 10.9. The van der Waals surface area contributed by atoms with Crippen LogP contribution in [0.1, 0.15) is 29.2 Å². The lowest BCUT2D eigenvalue weighted by atomic mass is 10.1. The summed E-state index contributed by atoms with van der Waals surface area (Å²) in [5.74, 6) is 1.33. The highest BCUT2D eigenvalue weighted by atomic mass is 16.5. The van der Waals surface area contributed by atoms with Crippen LogP contribution < -0.4 is 19.5 Å². The number of ether oxygens (including phenoxy) is 3. The third kappa shape index (κ3) is 6.63. The van der Waals surface area contributed by atoms with E-state index in [2.05, 4.69) is 23.5 Å². The fourth-order valence-electron chi connectivity index (χ4n) is 3.50. The number of carbonyl (C=O) groups is 1. The van der Waals surface area contributed by atoms with E-state index in [1.54, 1.807) is 49.6 Å². The summed E-state index contributed by atoms with van der Waals surface area (Å²) in [7, 11) is 1.57. The number of hydrogen-bond donors (Lipinski definition) is 1. The first-order valence-corrected chi connectivity index (χ1v) is 11.0. The van der Waals surface area contributed by atoms with Gasteiger partial charge in [-0.1, -0.05) is 29.3 Å². The van der Waals surface area contributed by atoms with Gasteiger partial charge >= 0.3 is 0 Å². The lowest BCUT2D eigenvalue weighted by molar-refractivity contribution is -0.112. The molecule has 0 aliphatic rings. The summed E-state index contributed by atoms with van der Waals surface area (Å²) >= 11 is 0. The summed E-state index contributed by atoms with van der Waals surface area (Å²) in [6, 6.07) is 20.5. The van der Waals surface area contributed by atoms with Crippen molar-refractivity contribution in [3.63, 3.8) is 0 Å². The van der Waals surface area contributed by atoms with E-state index in [1.807, 2.05) is 26.8 Å². The van der Waals surface area contributed by atoms with Gasteiger partial charge in [0.15, 0.2) is 0 Å². The second-order valence-electron chi connectivity index (χ2n) is 7.77. The van der Waals surface area contributed by atoms with Gasteiger partial charge in [-0.05, 0) is 68.8 Å². The van der Waals surface area contributed by atoms with Gasteiger partial charge < -0.3 is 19.5 Å². The average Bonchev–Trinajstić information content (AvgIpc) is 2.82. The second-order valence-corrected chi connectivity index (χ2v) is 7.77. The third-order valence-corrected chi connectivity index (χ3v) is 4.98. The molecule has 1 amide bonds. The van der Waals surface area contributed by atoms with Crippen molar-refractivity contribution < 1.29 is 19.0 Å². The molecule has 1 N–H and O–H groups in total. The zero-order chi connectivity index (χ0) is 24.5. The highest BCUT2D eigenvalue weighted by molar-refractivity contribution is 6.09. The number of amides is 1. The van der Waals surface area contributed by atoms with Crippen LogP contribution in [-0.2, 0) is 11.4 Å². The molecule has 6 heteroatoms. The maximum Gasteiger partial charge on any atom is 0.266 e. The number of rotatable bonds is 9. The first-order chi connectivity index (χ1) is 16.4. The Morgan fingerprint density at radius 1 is 0.971 bits per heavy atom. The van der Waals surface area contributed by atoms with E-state index in [4.69, 9.17) is 14.2 Å². The molecule has 3 aromatic rings. The minimum absolute atomic E-state index is 0.0460. The number of nitriles is 1. The molecule has 0 atom stereocenters. The fraction of sp³-hybridized carbons (Fsp3) is 0.214. The smallest absolute Gasteiger partial charge is 0.266 e. The van der Waals surface area contributed by atoms with Crippen molar-refractivity contribution in [1.29, 1.82) is 5.26 Å². The number of benzene rings is 3. The van der Waals surface area contributed by atoms with Gasteiger partial charge in [0.05, 0.1) is 13.7 Å². The molecule has 0 heterocycles. The summed E-state index contributed by atoms with van der Waals surface area (Å²) in [4.78, 5) is 12.7. The molecule has 0 saturated carbocycles. The molecule has 0 spiro atoms. The molecule has 0 aliphatic carbocycles. The zero-order valence-corrected chi connectivity index (χ0v) is 19.8. The predicted molar refractivity (Wildman–Crippen MR) is 133 cm³/mol. The summed E-state index contributed by atoms with van der Waals surface area (Å²) < 4.78 is 16.8. The molecule has 174 valence electrons. The van der Waals surface area contributed by atoms with Gasteiger partial charge in [-0.2, -0.15) is 5.26 Å². The van der Waals surface area contributed by atoms with Crippen molar-refractivity contribution >= 4 is 17.7 Å². The number of nitrogens with one attached hydrogen (secondary N) is 1. The molecule has 6 nitrogen and oxygen atoms in total. The zero-order valence-electron chi connectivity index (χ0n) is 19.8. The molecule has 3 aromatic carbocycles. The monoisotopic (exact) mass is 456 g/mol. The largest absolute Gasteiger partial charge is 0.497 e. The third-order valence-electron chi connectivity index (χ3n) is 4.98. The first-order valence-electron chi connectivity index (χ1n) is 11.0. The molecule has 0 bridgehead atoms. The lowest BCUT2D eigenvalue weighted by Crippen LogP contribution is -2.13. The van der Waals surface area contributed by atoms with E-state index in [1.165, 1.54) is 6.08 Å². The van der Waals surface area contributed by atoms with Gasteiger partial charge in [-0.25, -0.2) is 0 Å². The van der Waals surface area contributed by atoms with Crippen LogP contribution in [0.3, 0.4) is 0 Å². The van der Waals surface area contributed by atoms with E-state index < -0.39 is 5.91 Å². The molecule has 34 heavy (non-hydrogen) atoms. The van der Waals surface area contributed by atoms with Crippen LogP contribution in [-0.4, -0.2) is 19.6 Å². The van der Waals surface area contributed by atoms with Gasteiger partial charge in [0.2, 0.25) is 0 Å². The van der Waals surface area contributed by atoms with Crippen LogP contribution in [0.15, 0.2) is 66.2 Å². The lowest BCUT2D eigenvalue weighted by Gasteiger charge is -2.13. The Kier molecular flexibility index (Phi) is 8.31. The summed E-state index contributed by atoms with van der Waals surface area (Å²) in [6.07, 6.45) is 1.51. The Hall–Kier alpha value is -4.24. The molecule has 0 radical (unpaired) electrons. The van der Waals surface area contributed by atoms with Gasteiger partial charge in [-0.3, -0.25) is 4.79 Å². The topological polar surface area (TPSA) is 80.6 Å². The number of methoxy groups -OCH3 is 1. The van der Waals surface area contributed by atoms with Crippen molar-refractivity contribution in [2.75, 3.05) is 19.0 Å². The van der Waals surface area contributed by atoms with E-state index >= 15 is 0 Å². The highest BCUT2D eigenvalue weighted by Crippen LogP contribution is 2.28. The van der Waals surface area contributed by atoms with Crippen LogP contribution in [0.25, 0.3) is 6.08 Å². The average molecular weight is 457 g/mol. The van der Waals surface area contributed by atoms with E-state index in [9.17, 15) is 10.1 Å². The van der Waals surface area contributed by atoms with Gasteiger partial charge in [0.25, 0.3) is 5.91 Å². The first kappa shape index (κ1) is 24.4. The molecule has 0 saturated heterocycles. The Morgan fingerprint density at radius 2 is 1.65 bits per heavy atom. The standard InChI is InChI=1S/C28H28N2O4/c1-5-33-25-10-7-24(8-11-25)30-28(31)23(17-29)15-22-6-9-26(32-4)16-27(22)34-18-21-13-19(2)12-20(3)14-21/h6-16H,5,18H2,1-4H3,(H,30,31)/b23-15+. The molecular weight excluding hydrogens is 428 g/mol. The SMILES string of the molecule is CCOc1ccc(NC(=O)/C(C#N)=C/c2ccc(OC)cc2OCc2cc(C)cc(C)c2)cc1. The molecular formula is C28H28N2O4. The van der Waals surface area contributed by atoms with Crippen LogP contribution >= 0.6 is 0 Å². The Balaban J connectivity index is 1.82. The maximum absolute atomic E-state index is 12.7. The van der Waals surface area contributed by atoms with E-state index in [0.29, 0.717) is 41.7 Å². The maximum atomic E-state index is 12.7. The quantitative estimate of drug-likeness (QED) is 0.323. The molecule has 0 aliphatic heterocycles. The fourth-order valence-corrected chi connectivity index (χ4v) is 3.50. The number of nitrogens with zero attached hydrogens (tertiary/aromatic N) is 1. The van der Waals surface area contributed by atoms with Crippen LogP contribution in [0.4, 0.5) is 5.69 Å². The van der Waals surface area contributed by atoms with Crippen molar-refractivity contribution in [2.45, 2.75) is 27.4 Å². The van der Waals surface area contributed by atoms with Gasteiger partial charge in [-0.15, -0.1) is 0 Å². The number of aryl methyl sites for hydroxylation is 2. The second kappa shape index (κ2) is 11.6. The summed E-state index contributed by atoms with van der Waals surface area (Å²) in [6.45, 7) is 6.88. The van der Waals surface area contributed by atoms with Crippen molar-refractivity contribution in [1.82, 2.24) is 0 Å². The van der Waals surface area contributed by atoms with Crippen LogP contribution in [0, 0.1) is 25.2 Å². The molecule has 3 rings (SSSR count). The van der Waals surface area contributed by atoms with Gasteiger partial charge in [0, 0.05) is 17.3 Å². The van der Waals surface area contributed by atoms with Crippen molar-refractivity contribution in [3.05, 3.63) is 88.5 Å². The van der Waals surface area contributed by atoms with E-state index in [-0.39, 0.29) is 5.57 Å². The predicted octanol–water partition coefficient (Wildman–Crippen LogP) is 5.84. The summed E-state index contributed by atoms with van der Waals surface area (Å²) in [5.41, 5.74) is 4.46. The van der Waals surface area contributed by atoms with Gasteiger partial charge in [0.1, 0.15) is 35.5 Å². The Bertz CT molecular complexity index is 1200. The molecule has 0 unspecified atom stereocenters. The van der Waals surface area contributed by atoms with Crippen molar-refractivity contribution in [2.24, 2.45) is 0 Å². The molecule has 0 fully saturated rings. The number of carbonyl (C=O) groups excluding carboxylic acids is 1. The van der Waals surface area contributed by atoms with Crippen LogP contribution in [0.5, 0.6) is 17.2 Å².